The van der Waals surface area contributed by atoms with E-state index in [0.29, 0.717) is 0 Å². The molecule has 1 aliphatic heterocycles. The Kier molecular flexibility index (Phi) is 2.84. The SMILES string of the molecule is Cc1cc2c(c(-c3nn4cc(C)nc4s3)c1)CCN(C)C2=O. The van der Waals surface area contributed by atoms with Crippen LogP contribution in [0.3, 0.4) is 0 Å². The van der Waals surface area contributed by atoms with Gasteiger partial charge in [-0.25, -0.2) is 9.50 Å². The van der Waals surface area contributed by atoms with Crippen molar-refractivity contribution in [3.05, 3.63) is 40.7 Å². The first-order chi connectivity index (χ1) is 10.5. The average molecular weight is 312 g/mol. The lowest BCUT2D eigenvalue weighted by atomic mass is 9.92. The van der Waals surface area contributed by atoms with Crippen LogP contribution in [0.5, 0.6) is 0 Å². The number of rotatable bonds is 1. The second-order valence-electron chi connectivity index (χ2n) is 5.83. The number of aromatic nitrogens is 3. The van der Waals surface area contributed by atoms with Gasteiger partial charge in [-0.3, -0.25) is 4.79 Å². The molecule has 3 aromatic rings. The fraction of sp³-hybridized carbons (Fsp3) is 0.312. The van der Waals surface area contributed by atoms with E-state index in [1.165, 1.54) is 0 Å². The normalized spacial score (nSPS) is 14.7. The quantitative estimate of drug-likeness (QED) is 0.694. The highest BCUT2D eigenvalue weighted by atomic mass is 32.1. The van der Waals surface area contributed by atoms with Gasteiger partial charge in [-0.1, -0.05) is 11.3 Å². The molecular formula is C16H16N4OS. The number of carbonyl (C=O) groups is 1. The summed E-state index contributed by atoms with van der Waals surface area (Å²) in [5, 5.41) is 5.58. The number of aryl methyl sites for hydroxylation is 2. The zero-order valence-corrected chi connectivity index (χ0v) is 13.6. The number of hydrogen-bond acceptors (Lipinski definition) is 4. The molecule has 0 N–H and O–H groups in total. The van der Waals surface area contributed by atoms with Crippen molar-refractivity contribution in [2.24, 2.45) is 0 Å². The minimum atomic E-state index is 0.100. The molecule has 4 rings (SSSR count). The lowest BCUT2D eigenvalue weighted by Crippen LogP contribution is -2.34. The van der Waals surface area contributed by atoms with E-state index in [0.717, 1.165) is 50.9 Å². The van der Waals surface area contributed by atoms with E-state index in [9.17, 15) is 4.79 Å². The lowest BCUT2D eigenvalue weighted by Gasteiger charge is -2.26. The molecule has 1 aliphatic rings. The number of likely N-dealkylation sites (N-methyl/N-ethyl adjacent to an activating group) is 1. The molecule has 0 bridgehead atoms. The number of amides is 1. The summed E-state index contributed by atoms with van der Waals surface area (Å²) in [5.41, 5.74) is 5.05. The first-order valence-corrected chi connectivity index (χ1v) is 8.07. The van der Waals surface area contributed by atoms with Gasteiger partial charge in [0, 0.05) is 24.7 Å². The number of nitrogens with zero attached hydrogens (tertiary/aromatic N) is 4. The predicted molar refractivity (Wildman–Crippen MR) is 86.4 cm³/mol. The summed E-state index contributed by atoms with van der Waals surface area (Å²) in [6.07, 6.45) is 2.80. The molecular weight excluding hydrogens is 296 g/mol. The van der Waals surface area contributed by atoms with Gasteiger partial charge in [-0.15, -0.1) is 0 Å². The number of hydrogen-bond donors (Lipinski definition) is 0. The molecule has 0 unspecified atom stereocenters. The van der Waals surface area contributed by atoms with Crippen LogP contribution in [0.15, 0.2) is 18.3 Å². The third-order valence-corrected chi connectivity index (χ3v) is 5.02. The van der Waals surface area contributed by atoms with Gasteiger partial charge in [0.15, 0.2) is 0 Å². The predicted octanol–water partition coefficient (Wildman–Crippen LogP) is 2.70. The second-order valence-corrected chi connectivity index (χ2v) is 6.79. The standard InChI is InChI=1S/C16H16N4OS/c1-9-6-12(11-4-5-19(3)15(21)13(11)7-9)14-18-20-8-10(2)17-16(20)22-14/h6-8H,4-5H2,1-3H3. The molecule has 0 atom stereocenters. The van der Waals surface area contributed by atoms with E-state index in [2.05, 4.69) is 16.1 Å². The first-order valence-electron chi connectivity index (χ1n) is 7.25. The minimum Gasteiger partial charge on any atom is -0.341 e. The van der Waals surface area contributed by atoms with Crippen molar-refractivity contribution in [2.45, 2.75) is 20.3 Å². The Hall–Kier alpha value is -2.21. The maximum absolute atomic E-state index is 12.4. The molecule has 112 valence electrons. The third kappa shape index (κ3) is 1.94. The Morgan fingerprint density at radius 3 is 2.77 bits per heavy atom. The Balaban J connectivity index is 1.92. The Labute approximate surface area is 132 Å². The monoisotopic (exact) mass is 312 g/mol. The van der Waals surface area contributed by atoms with Crippen LogP contribution in [0, 0.1) is 13.8 Å². The average Bonchev–Trinajstić information content (AvgIpc) is 2.99. The first kappa shape index (κ1) is 13.5. The van der Waals surface area contributed by atoms with Crippen molar-refractivity contribution < 1.29 is 4.79 Å². The summed E-state index contributed by atoms with van der Waals surface area (Å²) in [4.78, 5) is 19.5. The van der Waals surface area contributed by atoms with E-state index in [1.807, 2.05) is 37.7 Å². The molecule has 2 aromatic heterocycles. The van der Waals surface area contributed by atoms with Gasteiger partial charge in [0.2, 0.25) is 4.96 Å². The smallest absolute Gasteiger partial charge is 0.253 e. The Bertz CT molecular complexity index is 877. The summed E-state index contributed by atoms with van der Waals surface area (Å²) in [7, 11) is 1.85. The van der Waals surface area contributed by atoms with Crippen LogP contribution in [0.1, 0.15) is 27.2 Å². The van der Waals surface area contributed by atoms with Crippen LogP contribution in [0.2, 0.25) is 0 Å². The highest BCUT2D eigenvalue weighted by Crippen LogP contribution is 2.34. The molecule has 3 heterocycles. The molecule has 0 saturated heterocycles. The summed E-state index contributed by atoms with van der Waals surface area (Å²) >= 11 is 1.57. The van der Waals surface area contributed by atoms with Crippen molar-refractivity contribution in [2.75, 3.05) is 13.6 Å². The van der Waals surface area contributed by atoms with Crippen LogP contribution in [0.4, 0.5) is 0 Å². The highest BCUT2D eigenvalue weighted by molar-refractivity contribution is 7.19. The number of benzene rings is 1. The second kappa shape index (κ2) is 4.64. The molecule has 5 nitrogen and oxygen atoms in total. The number of carbonyl (C=O) groups excluding carboxylic acids is 1. The molecule has 0 radical (unpaired) electrons. The van der Waals surface area contributed by atoms with Crippen molar-refractivity contribution in [1.82, 2.24) is 19.5 Å². The van der Waals surface area contributed by atoms with Crippen molar-refractivity contribution in [3.8, 4) is 10.6 Å². The fourth-order valence-electron chi connectivity index (χ4n) is 2.97. The van der Waals surface area contributed by atoms with Gasteiger partial charge in [0.05, 0.1) is 11.9 Å². The molecule has 1 aromatic carbocycles. The maximum atomic E-state index is 12.4. The minimum absolute atomic E-state index is 0.100. The van der Waals surface area contributed by atoms with Gasteiger partial charge in [0.1, 0.15) is 5.01 Å². The van der Waals surface area contributed by atoms with E-state index in [-0.39, 0.29) is 5.91 Å². The number of imidazole rings is 1. The van der Waals surface area contributed by atoms with Crippen molar-refractivity contribution >= 4 is 22.2 Å². The lowest BCUT2D eigenvalue weighted by molar-refractivity contribution is 0.0781. The van der Waals surface area contributed by atoms with Gasteiger partial charge >= 0.3 is 0 Å². The van der Waals surface area contributed by atoms with Crippen LogP contribution < -0.4 is 0 Å². The molecule has 6 heteroatoms. The summed E-state index contributed by atoms with van der Waals surface area (Å²) in [6.45, 7) is 4.74. The van der Waals surface area contributed by atoms with Crippen LogP contribution in [-0.2, 0) is 6.42 Å². The van der Waals surface area contributed by atoms with Crippen molar-refractivity contribution in [1.29, 1.82) is 0 Å². The topological polar surface area (TPSA) is 50.5 Å². The zero-order valence-electron chi connectivity index (χ0n) is 12.8. The molecule has 0 saturated carbocycles. The Morgan fingerprint density at radius 2 is 2.00 bits per heavy atom. The molecule has 22 heavy (non-hydrogen) atoms. The summed E-state index contributed by atoms with van der Waals surface area (Å²) < 4.78 is 1.82. The molecule has 0 aliphatic carbocycles. The van der Waals surface area contributed by atoms with Gasteiger partial charge in [-0.2, -0.15) is 5.10 Å². The third-order valence-electron chi connectivity index (χ3n) is 4.06. The van der Waals surface area contributed by atoms with Crippen molar-refractivity contribution in [3.63, 3.8) is 0 Å². The van der Waals surface area contributed by atoms with Crippen LogP contribution in [-0.4, -0.2) is 39.0 Å². The Morgan fingerprint density at radius 1 is 1.23 bits per heavy atom. The maximum Gasteiger partial charge on any atom is 0.253 e. The zero-order chi connectivity index (χ0) is 15.4. The van der Waals surface area contributed by atoms with Gasteiger partial charge in [0.25, 0.3) is 5.91 Å². The summed E-state index contributed by atoms with van der Waals surface area (Å²) in [5.74, 6) is 0.100. The molecule has 1 amide bonds. The van der Waals surface area contributed by atoms with Gasteiger partial charge < -0.3 is 4.90 Å². The van der Waals surface area contributed by atoms with E-state index >= 15 is 0 Å². The number of fused-ring (bicyclic) bond motifs is 2. The van der Waals surface area contributed by atoms with E-state index in [1.54, 1.807) is 16.2 Å². The summed E-state index contributed by atoms with van der Waals surface area (Å²) in [6, 6.07) is 4.11. The van der Waals surface area contributed by atoms with Crippen LogP contribution in [0.25, 0.3) is 15.5 Å². The largest absolute Gasteiger partial charge is 0.341 e. The highest BCUT2D eigenvalue weighted by Gasteiger charge is 2.25. The fourth-order valence-corrected chi connectivity index (χ4v) is 3.94. The van der Waals surface area contributed by atoms with E-state index < -0.39 is 0 Å². The molecule has 0 spiro atoms. The molecule has 0 fully saturated rings. The van der Waals surface area contributed by atoms with E-state index in [4.69, 9.17) is 0 Å². The van der Waals surface area contributed by atoms with Crippen LogP contribution >= 0.6 is 11.3 Å². The van der Waals surface area contributed by atoms with Gasteiger partial charge in [-0.05, 0) is 43.5 Å².